The SMILES string of the molecule is CCCCCCC(=O)c1ccc2c(-c3c(OCCCC)ccc4ccccc34)c(OCCCC)ccc2c1. The molecule has 0 aliphatic rings. The Balaban J connectivity index is 1.85. The maximum absolute atomic E-state index is 13.0. The molecule has 200 valence electrons. The molecule has 0 heterocycles. The molecular formula is C35H42O3. The van der Waals surface area contributed by atoms with Gasteiger partial charge in [-0.05, 0) is 59.0 Å². The average Bonchev–Trinajstić information content (AvgIpc) is 2.95. The third-order valence-electron chi connectivity index (χ3n) is 7.21. The highest BCUT2D eigenvalue weighted by Gasteiger charge is 2.20. The van der Waals surface area contributed by atoms with Crippen molar-refractivity contribution in [2.45, 2.75) is 78.6 Å². The fraction of sp³-hybridized carbons (Fsp3) is 0.400. The van der Waals surface area contributed by atoms with E-state index in [1.54, 1.807) is 0 Å². The number of unbranched alkanes of at least 4 members (excludes halogenated alkanes) is 5. The van der Waals surface area contributed by atoms with Crippen LogP contribution in [0.4, 0.5) is 0 Å². The predicted octanol–water partition coefficient (Wildman–Crippen LogP) is 10.2. The molecular weight excluding hydrogens is 468 g/mol. The Morgan fingerprint density at radius 3 is 1.87 bits per heavy atom. The standard InChI is InChI=1S/C35H42O3/c1-4-7-10-11-16-31(36)28-17-20-30-27(25-28)19-22-33(38-24-9-6-3)35(30)34-29-15-13-12-14-26(29)18-21-32(34)37-23-8-5-2/h12-15,17-22,25H,4-11,16,23-24H2,1-3H3. The fourth-order valence-corrected chi connectivity index (χ4v) is 5.00. The van der Waals surface area contributed by atoms with Gasteiger partial charge in [-0.25, -0.2) is 0 Å². The molecule has 3 nitrogen and oxygen atoms in total. The van der Waals surface area contributed by atoms with Crippen molar-refractivity contribution in [2.75, 3.05) is 13.2 Å². The third kappa shape index (κ3) is 6.56. The molecule has 4 rings (SSSR count). The number of carbonyl (C=O) groups is 1. The topological polar surface area (TPSA) is 35.5 Å². The Bertz CT molecular complexity index is 1350. The number of ketones is 1. The van der Waals surface area contributed by atoms with E-state index in [-0.39, 0.29) is 5.78 Å². The molecule has 4 aromatic carbocycles. The lowest BCUT2D eigenvalue weighted by atomic mass is 9.91. The number of carbonyl (C=O) groups excluding carboxylic acids is 1. The second-order valence-corrected chi connectivity index (χ2v) is 10.2. The van der Waals surface area contributed by atoms with E-state index in [0.29, 0.717) is 19.6 Å². The van der Waals surface area contributed by atoms with Crippen LogP contribution in [0.3, 0.4) is 0 Å². The molecule has 0 bridgehead atoms. The van der Waals surface area contributed by atoms with E-state index >= 15 is 0 Å². The van der Waals surface area contributed by atoms with E-state index in [9.17, 15) is 4.79 Å². The van der Waals surface area contributed by atoms with Gasteiger partial charge >= 0.3 is 0 Å². The summed E-state index contributed by atoms with van der Waals surface area (Å²) in [6.45, 7) is 7.89. The Kier molecular flexibility index (Phi) is 10.2. The first kappa shape index (κ1) is 27.7. The highest BCUT2D eigenvalue weighted by molar-refractivity contribution is 6.11. The number of Topliss-reactive ketones (excluding diaryl/α,β-unsaturated/α-hetero) is 1. The normalized spacial score (nSPS) is 11.2. The number of rotatable bonds is 15. The first-order chi connectivity index (χ1) is 18.7. The number of hydrogen-bond acceptors (Lipinski definition) is 3. The van der Waals surface area contributed by atoms with Crippen molar-refractivity contribution in [3.8, 4) is 22.6 Å². The molecule has 0 unspecified atom stereocenters. The van der Waals surface area contributed by atoms with Gasteiger partial charge in [0.15, 0.2) is 5.78 Å². The summed E-state index contributed by atoms with van der Waals surface area (Å²) < 4.78 is 12.8. The summed E-state index contributed by atoms with van der Waals surface area (Å²) in [6.07, 6.45) is 9.19. The number of hydrogen-bond donors (Lipinski definition) is 0. The van der Waals surface area contributed by atoms with Crippen LogP contribution in [0.15, 0.2) is 66.7 Å². The van der Waals surface area contributed by atoms with Gasteiger partial charge < -0.3 is 9.47 Å². The smallest absolute Gasteiger partial charge is 0.162 e. The van der Waals surface area contributed by atoms with Crippen molar-refractivity contribution < 1.29 is 14.3 Å². The Labute approximate surface area is 228 Å². The van der Waals surface area contributed by atoms with E-state index in [1.807, 2.05) is 6.07 Å². The van der Waals surface area contributed by atoms with Crippen LogP contribution in [-0.2, 0) is 0 Å². The van der Waals surface area contributed by atoms with Crippen molar-refractivity contribution in [3.63, 3.8) is 0 Å². The number of ether oxygens (including phenoxy) is 2. The molecule has 0 aliphatic heterocycles. The second-order valence-electron chi connectivity index (χ2n) is 10.2. The molecule has 0 saturated carbocycles. The van der Waals surface area contributed by atoms with Crippen LogP contribution >= 0.6 is 0 Å². The summed E-state index contributed by atoms with van der Waals surface area (Å²) >= 11 is 0. The van der Waals surface area contributed by atoms with Crippen LogP contribution in [-0.4, -0.2) is 19.0 Å². The third-order valence-corrected chi connectivity index (χ3v) is 7.21. The molecule has 0 radical (unpaired) electrons. The van der Waals surface area contributed by atoms with Crippen molar-refractivity contribution in [3.05, 3.63) is 72.3 Å². The van der Waals surface area contributed by atoms with Crippen molar-refractivity contribution in [1.82, 2.24) is 0 Å². The zero-order chi connectivity index (χ0) is 26.7. The lowest BCUT2D eigenvalue weighted by molar-refractivity contribution is 0.0979. The van der Waals surface area contributed by atoms with Crippen LogP contribution < -0.4 is 9.47 Å². The van der Waals surface area contributed by atoms with E-state index in [1.165, 1.54) is 18.2 Å². The first-order valence-corrected chi connectivity index (χ1v) is 14.6. The molecule has 0 saturated heterocycles. The minimum Gasteiger partial charge on any atom is -0.493 e. The lowest BCUT2D eigenvalue weighted by Gasteiger charge is -2.20. The van der Waals surface area contributed by atoms with Crippen LogP contribution in [0.25, 0.3) is 32.7 Å². The number of benzene rings is 4. The molecule has 0 aliphatic carbocycles. The molecule has 0 spiro atoms. The molecule has 0 fully saturated rings. The largest absolute Gasteiger partial charge is 0.493 e. The van der Waals surface area contributed by atoms with E-state index in [2.05, 4.69) is 81.4 Å². The zero-order valence-corrected chi connectivity index (χ0v) is 23.4. The van der Waals surface area contributed by atoms with Gasteiger partial charge in [0.05, 0.1) is 13.2 Å². The highest BCUT2D eigenvalue weighted by atomic mass is 16.5. The molecule has 0 amide bonds. The molecule has 38 heavy (non-hydrogen) atoms. The summed E-state index contributed by atoms with van der Waals surface area (Å²) in [5, 5.41) is 4.44. The summed E-state index contributed by atoms with van der Waals surface area (Å²) in [5.74, 6) is 1.96. The maximum atomic E-state index is 13.0. The van der Waals surface area contributed by atoms with E-state index in [4.69, 9.17) is 9.47 Å². The molecule has 0 aromatic heterocycles. The maximum Gasteiger partial charge on any atom is 0.162 e. The summed E-state index contributed by atoms with van der Waals surface area (Å²) in [4.78, 5) is 13.0. The van der Waals surface area contributed by atoms with Crippen LogP contribution in [0.2, 0.25) is 0 Å². The minimum absolute atomic E-state index is 0.224. The van der Waals surface area contributed by atoms with Gasteiger partial charge in [0.1, 0.15) is 11.5 Å². The second kappa shape index (κ2) is 14.0. The predicted molar refractivity (Wildman–Crippen MR) is 161 cm³/mol. The molecule has 3 heteroatoms. The summed E-state index contributed by atoms with van der Waals surface area (Å²) in [7, 11) is 0. The molecule has 0 atom stereocenters. The minimum atomic E-state index is 0.224. The van der Waals surface area contributed by atoms with Gasteiger partial charge in [0.25, 0.3) is 0 Å². The van der Waals surface area contributed by atoms with Gasteiger partial charge in [0.2, 0.25) is 0 Å². The highest BCUT2D eigenvalue weighted by Crippen LogP contribution is 2.45. The van der Waals surface area contributed by atoms with Crippen molar-refractivity contribution in [1.29, 1.82) is 0 Å². The van der Waals surface area contributed by atoms with Crippen LogP contribution in [0, 0.1) is 0 Å². The van der Waals surface area contributed by atoms with Gasteiger partial charge in [-0.1, -0.05) is 101 Å². The van der Waals surface area contributed by atoms with Gasteiger partial charge in [-0.2, -0.15) is 0 Å². The van der Waals surface area contributed by atoms with Crippen LogP contribution in [0.1, 0.15) is 88.9 Å². The fourth-order valence-electron chi connectivity index (χ4n) is 5.00. The average molecular weight is 511 g/mol. The lowest BCUT2D eigenvalue weighted by Crippen LogP contribution is -2.03. The molecule has 0 N–H and O–H groups in total. The van der Waals surface area contributed by atoms with Gasteiger partial charge in [0, 0.05) is 23.1 Å². The Hall–Kier alpha value is -3.33. The quantitative estimate of drug-likeness (QED) is 0.118. The van der Waals surface area contributed by atoms with E-state index in [0.717, 1.165) is 82.9 Å². The summed E-state index contributed by atoms with van der Waals surface area (Å²) in [6, 6.07) is 23.0. The Morgan fingerprint density at radius 1 is 0.605 bits per heavy atom. The van der Waals surface area contributed by atoms with Gasteiger partial charge in [-0.15, -0.1) is 0 Å². The van der Waals surface area contributed by atoms with Gasteiger partial charge in [-0.3, -0.25) is 4.79 Å². The monoisotopic (exact) mass is 510 g/mol. The number of fused-ring (bicyclic) bond motifs is 2. The summed E-state index contributed by atoms with van der Waals surface area (Å²) in [5.41, 5.74) is 2.90. The van der Waals surface area contributed by atoms with E-state index < -0.39 is 0 Å². The van der Waals surface area contributed by atoms with Crippen molar-refractivity contribution >= 4 is 27.3 Å². The first-order valence-electron chi connectivity index (χ1n) is 14.6. The van der Waals surface area contributed by atoms with Crippen molar-refractivity contribution in [2.24, 2.45) is 0 Å². The molecule has 4 aromatic rings. The zero-order valence-electron chi connectivity index (χ0n) is 23.4. The van der Waals surface area contributed by atoms with Crippen LogP contribution in [0.5, 0.6) is 11.5 Å². The Morgan fingerprint density at radius 2 is 1.21 bits per heavy atom.